The highest BCUT2D eigenvalue weighted by atomic mass is 16.4. The van der Waals surface area contributed by atoms with Gasteiger partial charge in [-0.15, -0.1) is 0 Å². The maximum Gasteiger partial charge on any atom is 0.317 e. The summed E-state index contributed by atoms with van der Waals surface area (Å²) in [7, 11) is 1.67. The highest BCUT2D eigenvalue weighted by Crippen LogP contribution is 2.02. The van der Waals surface area contributed by atoms with Gasteiger partial charge in [-0.3, -0.25) is 4.79 Å². The minimum atomic E-state index is -0.916. The Morgan fingerprint density at radius 2 is 1.94 bits per heavy atom. The largest absolute Gasteiger partial charge is 0.481 e. The fourth-order valence-corrected chi connectivity index (χ4v) is 1.39. The van der Waals surface area contributed by atoms with Crippen LogP contribution in [0.3, 0.4) is 0 Å². The third kappa shape index (κ3) is 4.45. The summed E-state index contributed by atoms with van der Waals surface area (Å²) in [6.07, 6.45) is 0. The zero-order valence-corrected chi connectivity index (χ0v) is 10.6. The number of aliphatic carboxylic acids is 1. The molecule has 5 nitrogen and oxygen atoms in total. The minimum absolute atomic E-state index is 0.132. The summed E-state index contributed by atoms with van der Waals surface area (Å²) in [5.74, 6) is -1.50. The fraction of sp³-hybridized carbons (Fsp3) is 0.385. The normalized spacial score (nSPS) is 11.7. The van der Waals surface area contributed by atoms with Crippen LogP contribution in [-0.4, -0.2) is 35.6 Å². The van der Waals surface area contributed by atoms with Crippen LogP contribution in [0, 0.1) is 5.92 Å². The zero-order valence-electron chi connectivity index (χ0n) is 10.6. The molecule has 0 saturated heterocycles. The van der Waals surface area contributed by atoms with E-state index in [0.717, 1.165) is 5.56 Å². The molecule has 0 bridgehead atoms. The van der Waals surface area contributed by atoms with Crippen molar-refractivity contribution in [3.8, 4) is 0 Å². The van der Waals surface area contributed by atoms with Crippen LogP contribution in [0.4, 0.5) is 4.79 Å². The van der Waals surface area contributed by atoms with Crippen LogP contribution in [0.15, 0.2) is 30.3 Å². The molecule has 1 unspecified atom stereocenters. The van der Waals surface area contributed by atoms with Crippen molar-refractivity contribution in [3.63, 3.8) is 0 Å². The molecule has 2 N–H and O–H groups in total. The summed E-state index contributed by atoms with van der Waals surface area (Å²) in [5, 5.41) is 11.3. The van der Waals surface area contributed by atoms with Crippen molar-refractivity contribution >= 4 is 12.0 Å². The van der Waals surface area contributed by atoms with Crippen molar-refractivity contribution in [1.29, 1.82) is 0 Å². The summed E-state index contributed by atoms with van der Waals surface area (Å²) in [5.41, 5.74) is 1.03. The van der Waals surface area contributed by atoms with Crippen LogP contribution in [0.2, 0.25) is 0 Å². The Balaban J connectivity index is 2.40. The lowest BCUT2D eigenvalue weighted by atomic mass is 10.2. The van der Waals surface area contributed by atoms with Crippen LogP contribution in [-0.2, 0) is 11.3 Å². The SMILES string of the molecule is CC(CNC(=O)N(C)Cc1ccccc1)C(=O)O. The predicted molar refractivity (Wildman–Crippen MR) is 68.1 cm³/mol. The van der Waals surface area contributed by atoms with E-state index in [1.54, 1.807) is 14.0 Å². The fourth-order valence-electron chi connectivity index (χ4n) is 1.39. The summed E-state index contributed by atoms with van der Waals surface area (Å²) in [6.45, 7) is 2.18. The number of nitrogens with one attached hydrogen (secondary N) is 1. The molecule has 0 heterocycles. The van der Waals surface area contributed by atoms with E-state index < -0.39 is 11.9 Å². The van der Waals surface area contributed by atoms with Gasteiger partial charge >= 0.3 is 12.0 Å². The van der Waals surface area contributed by atoms with Gasteiger partial charge in [-0.2, -0.15) is 0 Å². The lowest BCUT2D eigenvalue weighted by molar-refractivity contribution is -0.140. The van der Waals surface area contributed by atoms with Crippen LogP contribution in [0.25, 0.3) is 0 Å². The number of hydrogen-bond acceptors (Lipinski definition) is 2. The molecule has 1 aromatic rings. The highest BCUT2D eigenvalue weighted by Gasteiger charge is 2.14. The second-order valence-corrected chi connectivity index (χ2v) is 4.27. The number of amides is 2. The van der Waals surface area contributed by atoms with Crippen LogP contribution >= 0.6 is 0 Å². The van der Waals surface area contributed by atoms with Gasteiger partial charge in [-0.1, -0.05) is 37.3 Å². The maximum absolute atomic E-state index is 11.7. The summed E-state index contributed by atoms with van der Waals surface area (Å²) in [6, 6.07) is 9.33. The Morgan fingerprint density at radius 1 is 1.33 bits per heavy atom. The molecule has 0 fully saturated rings. The molecule has 0 radical (unpaired) electrons. The van der Waals surface area contributed by atoms with Gasteiger partial charge in [0.05, 0.1) is 5.92 Å². The Labute approximate surface area is 106 Å². The second-order valence-electron chi connectivity index (χ2n) is 4.27. The number of carboxylic acids is 1. The van der Waals surface area contributed by atoms with Crippen molar-refractivity contribution in [2.75, 3.05) is 13.6 Å². The van der Waals surface area contributed by atoms with E-state index in [0.29, 0.717) is 6.54 Å². The van der Waals surface area contributed by atoms with Gasteiger partial charge in [0, 0.05) is 20.1 Å². The lowest BCUT2D eigenvalue weighted by Gasteiger charge is -2.18. The van der Waals surface area contributed by atoms with Crippen molar-refractivity contribution in [2.45, 2.75) is 13.5 Å². The van der Waals surface area contributed by atoms with E-state index in [4.69, 9.17) is 5.11 Å². The van der Waals surface area contributed by atoms with E-state index in [-0.39, 0.29) is 12.6 Å². The smallest absolute Gasteiger partial charge is 0.317 e. The van der Waals surface area contributed by atoms with Crippen LogP contribution in [0.1, 0.15) is 12.5 Å². The summed E-state index contributed by atoms with van der Waals surface area (Å²) >= 11 is 0. The lowest BCUT2D eigenvalue weighted by Crippen LogP contribution is -2.40. The summed E-state index contributed by atoms with van der Waals surface area (Å²) < 4.78 is 0. The van der Waals surface area contributed by atoms with Crippen molar-refractivity contribution in [3.05, 3.63) is 35.9 Å². The second kappa shape index (κ2) is 6.64. The molecule has 98 valence electrons. The first kappa shape index (κ1) is 14.0. The van der Waals surface area contributed by atoms with Crippen molar-refractivity contribution in [2.24, 2.45) is 5.92 Å². The first-order valence-corrected chi connectivity index (χ1v) is 5.76. The van der Waals surface area contributed by atoms with E-state index in [1.165, 1.54) is 4.90 Å². The number of urea groups is 1. The Morgan fingerprint density at radius 3 is 2.50 bits per heavy atom. The molecule has 1 aromatic carbocycles. The first-order chi connectivity index (χ1) is 8.50. The number of benzene rings is 1. The molecule has 0 saturated carbocycles. The predicted octanol–water partition coefficient (Wildman–Crippen LogP) is 1.55. The van der Waals surface area contributed by atoms with Gasteiger partial charge in [0.15, 0.2) is 0 Å². The average molecular weight is 250 g/mol. The van der Waals surface area contributed by atoms with Crippen molar-refractivity contribution in [1.82, 2.24) is 10.2 Å². The number of carboxylic acid groups (broad SMARTS) is 1. The highest BCUT2D eigenvalue weighted by molar-refractivity contribution is 5.75. The standard InChI is InChI=1S/C13H18N2O3/c1-10(12(16)17)8-14-13(18)15(2)9-11-6-4-3-5-7-11/h3-7,10H,8-9H2,1-2H3,(H,14,18)(H,16,17). The Kier molecular flexibility index (Phi) is 5.17. The molecule has 5 heteroatoms. The van der Waals surface area contributed by atoms with Crippen molar-refractivity contribution < 1.29 is 14.7 Å². The van der Waals surface area contributed by atoms with E-state index in [9.17, 15) is 9.59 Å². The number of rotatable bonds is 5. The van der Waals surface area contributed by atoms with Gasteiger partial charge in [0.25, 0.3) is 0 Å². The molecule has 2 amide bonds. The van der Waals surface area contributed by atoms with Crippen LogP contribution in [0.5, 0.6) is 0 Å². The number of hydrogen-bond donors (Lipinski definition) is 2. The molecule has 1 atom stereocenters. The van der Waals surface area contributed by atoms with E-state index in [1.807, 2.05) is 30.3 Å². The molecule has 0 aliphatic rings. The first-order valence-electron chi connectivity index (χ1n) is 5.76. The van der Waals surface area contributed by atoms with E-state index >= 15 is 0 Å². The number of carbonyl (C=O) groups excluding carboxylic acids is 1. The van der Waals surface area contributed by atoms with Crippen LogP contribution < -0.4 is 5.32 Å². The molecule has 0 spiro atoms. The molecule has 18 heavy (non-hydrogen) atoms. The third-order valence-electron chi connectivity index (χ3n) is 2.59. The summed E-state index contributed by atoms with van der Waals surface area (Å²) in [4.78, 5) is 23.8. The van der Waals surface area contributed by atoms with Gasteiger partial charge in [-0.25, -0.2) is 4.79 Å². The third-order valence-corrected chi connectivity index (χ3v) is 2.59. The molecule has 1 rings (SSSR count). The van der Waals surface area contributed by atoms with Gasteiger partial charge in [0.1, 0.15) is 0 Å². The monoisotopic (exact) mass is 250 g/mol. The van der Waals surface area contributed by atoms with E-state index in [2.05, 4.69) is 5.32 Å². The van der Waals surface area contributed by atoms with Gasteiger partial charge in [0.2, 0.25) is 0 Å². The minimum Gasteiger partial charge on any atom is -0.481 e. The Hall–Kier alpha value is -2.04. The zero-order chi connectivity index (χ0) is 13.5. The maximum atomic E-state index is 11.7. The molecule has 0 aromatic heterocycles. The van der Waals surface area contributed by atoms with Gasteiger partial charge in [-0.05, 0) is 5.56 Å². The number of carbonyl (C=O) groups is 2. The molecular formula is C13H18N2O3. The quantitative estimate of drug-likeness (QED) is 0.833. The Bertz CT molecular complexity index is 406. The molecular weight excluding hydrogens is 232 g/mol. The average Bonchev–Trinajstić information content (AvgIpc) is 2.36. The molecule has 0 aliphatic carbocycles. The van der Waals surface area contributed by atoms with Gasteiger partial charge < -0.3 is 15.3 Å². The topological polar surface area (TPSA) is 69.6 Å². The molecule has 0 aliphatic heterocycles. The number of nitrogens with zero attached hydrogens (tertiary/aromatic N) is 1.